The van der Waals surface area contributed by atoms with Crippen LogP contribution in [0.4, 0.5) is 0 Å². The highest BCUT2D eigenvalue weighted by Gasteiger charge is 2.33. The van der Waals surface area contributed by atoms with Gasteiger partial charge in [0.2, 0.25) is 0 Å². The van der Waals surface area contributed by atoms with Gasteiger partial charge in [-0.3, -0.25) is 0 Å². The highest BCUT2D eigenvalue weighted by Crippen LogP contribution is 2.12. The van der Waals surface area contributed by atoms with E-state index >= 15 is 0 Å². The Morgan fingerprint density at radius 3 is 2.78 bits per heavy atom. The van der Waals surface area contributed by atoms with E-state index in [-0.39, 0.29) is 13.2 Å². The Kier molecular flexibility index (Phi) is 4.15. The number of nitrogens with one attached hydrogen (secondary N) is 1. The van der Waals surface area contributed by atoms with Gasteiger partial charge < -0.3 is 25.0 Å². The van der Waals surface area contributed by atoms with Crippen LogP contribution >= 0.6 is 0 Å². The Bertz CT molecular complexity index is 461. The first-order chi connectivity index (χ1) is 8.72. The lowest BCUT2D eigenvalue weighted by Crippen LogP contribution is -2.31. The molecule has 4 N–H and O–H groups in total. The van der Waals surface area contributed by atoms with Crippen LogP contribution in [0, 0.1) is 0 Å². The average Bonchev–Trinajstić information content (AvgIpc) is 2.98. The van der Waals surface area contributed by atoms with Gasteiger partial charge in [0.25, 0.3) is 0 Å². The minimum absolute atomic E-state index is 0.117. The zero-order valence-corrected chi connectivity index (χ0v) is 9.47. The lowest BCUT2D eigenvalue weighted by molar-refractivity contribution is -0.00588. The Labute approximate surface area is 102 Å². The standard InChI is InChI=1S/C5H4N4.C5H10O4/c1-4-5(8-2-6-1)9-3-7-4;6-1-4-5(8)3(7)2-9-4/h1-3H,(H,6,7,8,9);3-8H,1-2H2/t;3-,4+,5-/m.0/s1. The second-order valence-electron chi connectivity index (χ2n) is 3.77. The van der Waals surface area contributed by atoms with Gasteiger partial charge in [0.1, 0.15) is 30.2 Å². The van der Waals surface area contributed by atoms with E-state index in [0.29, 0.717) is 5.65 Å². The maximum atomic E-state index is 8.92. The Balaban J connectivity index is 0.000000134. The highest BCUT2D eigenvalue weighted by molar-refractivity contribution is 5.67. The van der Waals surface area contributed by atoms with Crippen molar-refractivity contribution in [1.82, 2.24) is 19.9 Å². The van der Waals surface area contributed by atoms with Crippen molar-refractivity contribution < 1.29 is 20.1 Å². The summed E-state index contributed by atoms with van der Waals surface area (Å²) in [5.41, 5.74) is 1.59. The van der Waals surface area contributed by atoms with E-state index in [2.05, 4.69) is 19.9 Å². The molecule has 3 rings (SSSR count). The lowest BCUT2D eigenvalue weighted by Gasteiger charge is -2.10. The normalized spacial score (nSPS) is 26.9. The molecule has 1 fully saturated rings. The molecule has 0 aliphatic carbocycles. The molecular weight excluding hydrogens is 240 g/mol. The van der Waals surface area contributed by atoms with Crippen LogP contribution in [-0.4, -0.2) is 66.8 Å². The predicted molar refractivity (Wildman–Crippen MR) is 60.5 cm³/mol. The fraction of sp³-hybridized carbons (Fsp3) is 0.500. The average molecular weight is 254 g/mol. The molecule has 1 saturated heterocycles. The summed E-state index contributed by atoms with van der Waals surface area (Å²) in [6.07, 6.45) is 2.41. The van der Waals surface area contributed by atoms with E-state index < -0.39 is 18.3 Å². The number of fused-ring (bicyclic) bond motifs is 1. The van der Waals surface area contributed by atoms with Crippen molar-refractivity contribution in [2.45, 2.75) is 18.3 Å². The Morgan fingerprint density at radius 2 is 2.22 bits per heavy atom. The van der Waals surface area contributed by atoms with Gasteiger partial charge in [0.05, 0.1) is 25.7 Å². The van der Waals surface area contributed by atoms with Crippen molar-refractivity contribution in [3.05, 3.63) is 18.9 Å². The van der Waals surface area contributed by atoms with Crippen molar-refractivity contribution in [3.8, 4) is 0 Å². The van der Waals surface area contributed by atoms with Gasteiger partial charge in [-0.05, 0) is 0 Å². The first-order valence-corrected chi connectivity index (χ1v) is 5.40. The largest absolute Gasteiger partial charge is 0.394 e. The molecule has 2 aromatic heterocycles. The first kappa shape index (κ1) is 12.8. The van der Waals surface area contributed by atoms with Crippen LogP contribution in [0.15, 0.2) is 18.9 Å². The fourth-order valence-electron chi connectivity index (χ4n) is 1.52. The smallest absolute Gasteiger partial charge is 0.180 e. The van der Waals surface area contributed by atoms with Crippen LogP contribution < -0.4 is 0 Å². The van der Waals surface area contributed by atoms with Crippen molar-refractivity contribution in [2.75, 3.05) is 13.2 Å². The van der Waals surface area contributed by atoms with Gasteiger partial charge in [0.15, 0.2) is 5.65 Å². The second-order valence-corrected chi connectivity index (χ2v) is 3.77. The molecule has 2 aromatic rings. The summed E-state index contributed by atoms with van der Waals surface area (Å²) in [7, 11) is 0. The maximum Gasteiger partial charge on any atom is 0.180 e. The van der Waals surface area contributed by atoms with E-state index in [1.807, 2.05) is 0 Å². The summed E-state index contributed by atoms with van der Waals surface area (Å²) < 4.78 is 4.78. The SMILES string of the molecule is OC[C@H]1OC[C@H](O)[C@@H]1O.c1ncc2[nH]cnc2n1. The number of rotatable bonds is 1. The van der Waals surface area contributed by atoms with Crippen LogP contribution in [0.3, 0.4) is 0 Å². The van der Waals surface area contributed by atoms with Crippen LogP contribution in [0.5, 0.6) is 0 Å². The number of aliphatic hydroxyl groups is 3. The number of aromatic nitrogens is 4. The molecule has 0 amide bonds. The monoisotopic (exact) mass is 254 g/mol. The van der Waals surface area contributed by atoms with Crippen molar-refractivity contribution in [3.63, 3.8) is 0 Å². The molecule has 1 aliphatic heterocycles. The minimum Gasteiger partial charge on any atom is -0.394 e. The van der Waals surface area contributed by atoms with Crippen LogP contribution in [0.1, 0.15) is 0 Å². The van der Waals surface area contributed by atoms with Crippen molar-refractivity contribution in [1.29, 1.82) is 0 Å². The Morgan fingerprint density at radius 1 is 1.39 bits per heavy atom. The third-order valence-corrected chi connectivity index (χ3v) is 2.53. The highest BCUT2D eigenvalue weighted by atomic mass is 16.5. The summed E-state index contributed by atoms with van der Waals surface area (Å²) in [5.74, 6) is 0. The van der Waals surface area contributed by atoms with E-state index in [0.717, 1.165) is 5.52 Å². The number of H-pyrrole nitrogens is 1. The zero-order valence-electron chi connectivity index (χ0n) is 9.47. The second kappa shape index (κ2) is 5.83. The van der Waals surface area contributed by atoms with Gasteiger partial charge in [-0.15, -0.1) is 0 Å². The summed E-state index contributed by atoms with van der Waals surface area (Å²) in [6, 6.07) is 0. The summed E-state index contributed by atoms with van der Waals surface area (Å²) >= 11 is 0. The van der Waals surface area contributed by atoms with E-state index in [1.54, 1.807) is 12.5 Å². The van der Waals surface area contributed by atoms with Gasteiger partial charge >= 0.3 is 0 Å². The van der Waals surface area contributed by atoms with E-state index in [4.69, 9.17) is 20.1 Å². The molecule has 0 saturated carbocycles. The maximum absolute atomic E-state index is 8.92. The van der Waals surface area contributed by atoms with E-state index in [9.17, 15) is 0 Å². The molecule has 0 unspecified atom stereocenters. The molecule has 98 valence electrons. The number of hydrogen-bond acceptors (Lipinski definition) is 7. The number of aliphatic hydroxyl groups excluding tert-OH is 3. The van der Waals surface area contributed by atoms with Gasteiger partial charge in [-0.2, -0.15) is 0 Å². The third-order valence-electron chi connectivity index (χ3n) is 2.53. The molecule has 18 heavy (non-hydrogen) atoms. The Hall–Kier alpha value is -1.61. The summed E-state index contributed by atoms with van der Waals surface area (Å²) in [5, 5.41) is 26.2. The molecule has 3 atom stereocenters. The molecule has 3 heterocycles. The summed E-state index contributed by atoms with van der Waals surface area (Å²) in [4.78, 5) is 14.5. The number of hydrogen-bond donors (Lipinski definition) is 4. The molecule has 0 radical (unpaired) electrons. The number of imidazole rings is 1. The number of nitrogens with zero attached hydrogens (tertiary/aromatic N) is 3. The van der Waals surface area contributed by atoms with Gasteiger partial charge in [0, 0.05) is 0 Å². The quantitative estimate of drug-likeness (QED) is 0.485. The van der Waals surface area contributed by atoms with Crippen LogP contribution in [0.2, 0.25) is 0 Å². The molecule has 0 spiro atoms. The lowest BCUT2D eigenvalue weighted by atomic mass is 10.2. The van der Waals surface area contributed by atoms with Crippen LogP contribution in [-0.2, 0) is 4.74 Å². The number of aromatic amines is 1. The predicted octanol–water partition coefficient (Wildman–Crippen LogP) is -1.55. The molecule has 8 heteroatoms. The zero-order chi connectivity index (χ0) is 13.0. The third kappa shape index (κ3) is 2.79. The summed E-state index contributed by atoms with van der Waals surface area (Å²) in [6.45, 7) is -0.120. The minimum atomic E-state index is -0.921. The van der Waals surface area contributed by atoms with E-state index in [1.165, 1.54) is 6.33 Å². The molecule has 8 nitrogen and oxygen atoms in total. The fourth-order valence-corrected chi connectivity index (χ4v) is 1.52. The van der Waals surface area contributed by atoms with Crippen molar-refractivity contribution in [2.24, 2.45) is 0 Å². The number of ether oxygens (including phenoxy) is 1. The molecular formula is C10H14N4O4. The van der Waals surface area contributed by atoms with Gasteiger partial charge in [-0.25, -0.2) is 15.0 Å². The molecule has 1 aliphatic rings. The van der Waals surface area contributed by atoms with Gasteiger partial charge in [-0.1, -0.05) is 0 Å². The van der Waals surface area contributed by atoms with Crippen molar-refractivity contribution >= 4 is 11.2 Å². The van der Waals surface area contributed by atoms with Crippen LogP contribution in [0.25, 0.3) is 11.2 Å². The topological polar surface area (TPSA) is 124 Å². The molecule has 0 bridgehead atoms. The molecule has 0 aromatic carbocycles. The first-order valence-electron chi connectivity index (χ1n) is 5.40.